The van der Waals surface area contributed by atoms with E-state index in [1.54, 1.807) is 42.1 Å². The lowest BCUT2D eigenvalue weighted by atomic mass is 9.98. The number of hydrogen-bond acceptors (Lipinski definition) is 3. The first-order chi connectivity index (χ1) is 11.3. The zero-order chi connectivity index (χ0) is 17.5. The lowest BCUT2D eigenvalue weighted by Crippen LogP contribution is -2.33. The van der Waals surface area contributed by atoms with Gasteiger partial charge in [-0.15, -0.1) is 0 Å². The van der Waals surface area contributed by atoms with Crippen LogP contribution in [0.15, 0.2) is 53.6 Å². The van der Waals surface area contributed by atoms with Gasteiger partial charge in [0.1, 0.15) is 12.9 Å². The fourth-order valence-corrected chi connectivity index (χ4v) is 3.41. The Hall–Kier alpha value is -2.60. The van der Waals surface area contributed by atoms with Crippen molar-refractivity contribution in [1.29, 1.82) is 0 Å². The van der Waals surface area contributed by atoms with E-state index in [0.29, 0.717) is 22.0 Å². The van der Waals surface area contributed by atoms with Gasteiger partial charge < -0.3 is 0 Å². The molecule has 0 aliphatic rings. The molecule has 3 rings (SSSR count). The largest absolute Gasteiger partial charge is 0.291 e. The van der Waals surface area contributed by atoms with E-state index in [9.17, 15) is 17.6 Å². The Balaban J connectivity index is 2.42. The number of aromatic nitrogens is 1. The number of aryl methyl sites for hydroxylation is 1. The molecule has 6 heteroatoms. The van der Waals surface area contributed by atoms with E-state index in [1.807, 2.05) is 0 Å². The molecule has 1 aromatic heterocycles. The molecule has 0 bridgehead atoms. The summed E-state index contributed by atoms with van der Waals surface area (Å²) in [6.07, 6.45) is 3.46. The SMILES string of the molecule is C[n+]1cc(-c2cc(S(C)(=O)=O)ccc2F)c2ccccc2c1C=O. The molecular weight excluding hydrogens is 329 g/mol. The molecule has 122 valence electrons. The van der Waals surface area contributed by atoms with E-state index in [1.165, 1.54) is 12.1 Å². The van der Waals surface area contributed by atoms with Gasteiger partial charge in [-0.25, -0.2) is 12.8 Å². The third-order valence-corrected chi connectivity index (χ3v) is 5.07. The number of carbonyl (C=O) groups excluding carboxylic acids is 1. The molecule has 0 amide bonds. The molecule has 4 nitrogen and oxygen atoms in total. The van der Waals surface area contributed by atoms with Crippen LogP contribution in [0.1, 0.15) is 10.5 Å². The Morgan fingerprint density at radius 2 is 1.71 bits per heavy atom. The average Bonchev–Trinajstić information content (AvgIpc) is 2.53. The van der Waals surface area contributed by atoms with Crippen LogP contribution in [-0.4, -0.2) is 21.0 Å². The monoisotopic (exact) mass is 344 g/mol. The van der Waals surface area contributed by atoms with Crippen LogP contribution in [0.25, 0.3) is 21.9 Å². The third kappa shape index (κ3) is 2.69. The minimum atomic E-state index is -3.46. The Kier molecular flexibility index (Phi) is 3.93. The summed E-state index contributed by atoms with van der Waals surface area (Å²) in [5, 5.41) is 1.36. The number of carbonyl (C=O) groups is 1. The van der Waals surface area contributed by atoms with E-state index in [-0.39, 0.29) is 10.5 Å². The number of benzene rings is 2. The van der Waals surface area contributed by atoms with Gasteiger partial charge in [0, 0.05) is 17.2 Å². The number of nitrogens with zero attached hydrogens (tertiary/aromatic N) is 1. The van der Waals surface area contributed by atoms with Gasteiger partial charge in [0.25, 0.3) is 5.69 Å². The topological polar surface area (TPSA) is 55.1 Å². The van der Waals surface area contributed by atoms with E-state index >= 15 is 0 Å². The maximum atomic E-state index is 14.4. The highest BCUT2D eigenvalue weighted by molar-refractivity contribution is 7.90. The summed E-state index contributed by atoms with van der Waals surface area (Å²) in [7, 11) is -1.76. The van der Waals surface area contributed by atoms with Crippen molar-refractivity contribution in [3.63, 3.8) is 0 Å². The van der Waals surface area contributed by atoms with E-state index in [2.05, 4.69) is 0 Å². The predicted octanol–water partition coefficient (Wildman–Crippen LogP) is 2.69. The van der Waals surface area contributed by atoms with E-state index < -0.39 is 15.7 Å². The fraction of sp³-hybridized carbons (Fsp3) is 0.111. The van der Waals surface area contributed by atoms with Crippen molar-refractivity contribution in [2.45, 2.75) is 4.90 Å². The lowest BCUT2D eigenvalue weighted by Gasteiger charge is -2.09. The van der Waals surface area contributed by atoms with Crippen molar-refractivity contribution in [2.75, 3.05) is 6.26 Å². The van der Waals surface area contributed by atoms with Gasteiger partial charge in [0.15, 0.2) is 16.0 Å². The molecule has 0 aliphatic carbocycles. The Morgan fingerprint density at radius 3 is 2.33 bits per heavy atom. The zero-order valence-corrected chi connectivity index (χ0v) is 14.0. The van der Waals surface area contributed by atoms with Crippen molar-refractivity contribution in [1.82, 2.24) is 0 Å². The van der Waals surface area contributed by atoms with Crippen LogP contribution in [0.4, 0.5) is 4.39 Å². The molecule has 24 heavy (non-hydrogen) atoms. The molecule has 3 aromatic rings. The smallest absolute Gasteiger partial charge is 0.253 e. The van der Waals surface area contributed by atoms with Gasteiger partial charge in [0.05, 0.1) is 15.8 Å². The third-order valence-electron chi connectivity index (χ3n) is 3.96. The normalized spacial score (nSPS) is 11.6. The maximum absolute atomic E-state index is 14.4. The van der Waals surface area contributed by atoms with Crippen LogP contribution in [0.2, 0.25) is 0 Å². The second-order valence-corrected chi connectivity index (χ2v) is 7.63. The molecule has 1 heterocycles. The quantitative estimate of drug-likeness (QED) is 0.417. The van der Waals surface area contributed by atoms with E-state index in [0.717, 1.165) is 18.6 Å². The Bertz CT molecular complexity index is 1080. The summed E-state index contributed by atoms with van der Waals surface area (Å²) in [4.78, 5) is 11.4. The van der Waals surface area contributed by atoms with Crippen LogP contribution in [0, 0.1) is 5.82 Å². The Morgan fingerprint density at radius 1 is 1.04 bits per heavy atom. The highest BCUT2D eigenvalue weighted by atomic mass is 32.2. The highest BCUT2D eigenvalue weighted by Crippen LogP contribution is 2.31. The van der Waals surface area contributed by atoms with Crippen molar-refractivity contribution in [3.8, 4) is 11.1 Å². The van der Waals surface area contributed by atoms with Gasteiger partial charge in [-0.1, -0.05) is 18.2 Å². The molecule has 0 N–H and O–H groups in total. The van der Waals surface area contributed by atoms with E-state index in [4.69, 9.17) is 0 Å². The lowest BCUT2D eigenvalue weighted by molar-refractivity contribution is -0.671. The molecule has 0 spiro atoms. The Labute approximate surface area is 139 Å². The van der Waals surface area contributed by atoms with Crippen LogP contribution in [0.3, 0.4) is 0 Å². The molecule has 0 saturated carbocycles. The zero-order valence-electron chi connectivity index (χ0n) is 13.2. The summed E-state index contributed by atoms with van der Waals surface area (Å²) >= 11 is 0. The van der Waals surface area contributed by atoms with Crippen LogP contribution in [-0.2, 0) is 16.9 Å². The first-order valence-corrected chi connectivity index (χ1v) is 9.08. The summed E-state index contributed by atoms with van der Waals surface area (Å²) < 4.78 is 39.6. The van der Waals surface area contributed by atoms with Crippen molar-refractivity contribution in [2.24, 2.45) is 7.05 Å². The van der Waals surface area contributed by atoms with Gasteiger partial charge in [-0.05, 0) is 24.3 Å². The number of hydrogen-bond donors (Lipinski definition) is 0. The molecular formula is C18H15FNO3S+. The number of aldehydes is 1. The molecule has 2 aromatic carbocycles. The van der Waals surface area contributed by atoms with Gasteiger partial charge in [-0.2, -0.15) is 4.57 Å². The molecule has 0 atom stereocenters. The number of halogens is 1. The van der Waals surface area contributed by atoms with Gasteiger partial charge >= 0.3 is 0 Å². The summed E-state index contributed by atoms with van der Waals surface area (Å²) in [6, 6.07) is 10.9. The van der Waals surface area contributed by atoms with Gasteiger partial charge in [0.2, 0.25) is 6.29 Å². The van der Waals surface area contributed by atoms with Crippen molar-refractivity contribution in [3.05, 3.63) is 60.2 Å². The second-order valence-electron chi connectivity index (χ2n) is 5.62. The van der Waals surface area contributed by atoms with Crippen molar-refractivity contribution >= 4 is 26.9 Å². The average molecular weight is 344 g/mol. The first-order valence-electron chi connectivity index (χ1n) is 7.19. The minimum absolute atomic E-state index is 0.0464. The molecule has 0 aliphatic heterocycles. The number of fused-ring (bicyclic) bond motifs is 1. The van der Waals surface area contributed by atoms with Gasteiger partial charge in [-0.3, -0.25) is 4.79 Å². The summed E-state index contributed by atoms with van der Waals surface area (Å²) in [5.74, 6) is -0.522. The molecule has 0 radical (unpaired) electrons. The number of pyridine rings is 1. The number of rotatable bonds is 3. The summed E-state index contributed by atoms with van der Waals surface area (Å²) in [6.45, 7) is 0. The highest BCUT2D eigenvalue weighted by Gasteiger charge is 2.20. The van der Waals surface area contributed by atoms with Crippen molar-refractivity contribution < 1.29 is 22.2 Å². The summed E-state index contributed by atoms with van der Waals surface area (Å²) in [5.41, 5.74) is 1.18. The second kappa shape index (κ2) is 5.79. The molecule has 0 fully saturated rings. The predicted molar refractivity (Wildman–Crippen MR) is 89.0 cm³/mol. The van der Waals surface area contributed by atoms with Crippen LogP contribution >= 0.6 is 0 Å². The maximum Gasteiger partial charge on any atom is 0.253 e. The molecule has 0 saturated heterocycles. The minimum Gasteiger partial charge on any atom is -0.291 e. The van der Waals surface area contributed by atoms with Crippen LogP contribution in [0.5, 0.6) is 0 Å². The van der Waals surface area contributed by atoms with Crippen LogP contribution < -0.4 is 4.57 Å². The molecule has 0 unspecified atom stereocenters. The fourth-order valence-electron chi connectivity index (χ4n) is 2.77. The standard InChI is InChI=1S/C18H15FNO3S/c1-20-10-16(13-5-3-4-6-14(13)18(20)11-21)15-9-12(24(2,22)23)7-8-17(15)19/h3-11H,1-2H3/q+1. The number of sulfone groups is 1. The first kappa shape index (κ1) is 16.3.